The summed E-state index contributed by atoms with van der Waals surface area (Å²) in [6.07, 6.45) is 0. The Balaban J connectivity index is 3.12. The molecule has 0 bridgehead atoms. The molecule has 3 heteroatoms. The minimum absolute atomic E-state index is 0.0457. The highest BCUT2D eigenvalue weighted by atomic mass is 79.9. The van der Waals surface area contributed by atoms with Crippen LogP contribution >= 0.6 is 15.9 Å². The van der Waals surface area contributed by atoms with Gasteiger partial charge in [-0.05, 0) is 43.5 Å². The van der Waals surface area contributed by atoms with E-state index >= 15 is 0 Å². The Morgan fingerprint density at radius 1 is 1.18 bits per heavy atom. The second kappa shape index (κ2) is 5.87. The molecule has 0 spiro atoms. The molecule has 0 fully saturated rings. The van der Waals surface area contributed by atoms with E-state index in [9.17, 15) is 0 Å². The molecule has 0 amide bonds. The van der Waals surface area contributed by atoms with E-state index in [2.05, 4.69) is 66.8 Å². The molecule has 2 atom stereocenters. The first-order chi connectivity index (χ1) is 7.84. The highest BCUT2D eigenvalue weighted by Crippen LogP contribution is 2.30. The molecule has 1 rings (SSSR count). The van der Waals surface area contributed by atoms with E-state index in [-0.39, 0.29) is 6.04 Å². The lowest BCUT2D eigenvalue weighted by Crippen LogP contribution is -2.34. The van der Waals surface area contributed by atoms with Gasteiger partial charge in [-0.3, -0.25) is 0 Å². The number of halogens is 1. The molecule has 0 aliphatic rings. The molecule has 0 saturated heterocycles. The SMILES string of the molecule is CC(N)c1cc(Br)ccc1N(C)C(C)C(C)C. The topological polar surface area (TPSA) is 29.3 Å². The maximum atomic E-state index is 6.05. The van der Waals surface area contributed by atoms with Gasteiger partial charge in [0.25, 0.3) is 0 Å². The summed E-state index contributed by atoms with van der Waals surface area (Å²) >= 11 is 3.51. The molecule has 17 heavy (non-hydrogen) atoms. The predicted molar refractivity (Wildman–Crippen MR) is 79.4 cm³/mol. The Kier molecular flexibility index (Phi) is 5.02. The zero-order chi connectivity index (χ0) is 13.2. The molecular formula is C14H23BrN2. The number of benzene rings is 1. The Morgan fingerprint density at radius 3 is 2.24 bits per heavy atom. The average Bonchev–Trinajstić information content (AvgIpc) is 2.26. The Hall–Kier alpha value is -0.540. The lowest BCUT2D eigenvalue weighted by molar-refractivity contribution is 0.504. The van der Waals surface area contributed by atoms with Gasteiger partial charge >= 0.3 is 0 Å². The fourth-order valence-electron chi connectivity index (χ4n) is 1.88. The van der Waals surface area contributed by atoms with E-state index in [1.165, 1.54) is 11.3 Å². The van der Waals surface area contributed by atoms with Crippen LogP contribution in [0.3, 0.4) is 0 Å². The van der Waals surface area contributed by atoms with Crippen molar-refractivity contribution in [3.8, 4) is 0 Å². The van der Waals surface area contributed by atoms with Gasteiger partial charge in [0.05, 0.1) is 0 Å². The molecule has 2 N–H and O–H groups in total. The molecule has 0 heterocycles. The molecule has 96 valence electrons. The van der Waals surface area contributed by atoms with Crippen molar-refractivity contribution in [1.29, 1.82) is 0 Å². The van der Waals surface area contributed by atoms with Gasteiger partial charge < -0.3 is 10.6 Å². The van der Waals surface area contributed by atoms with Crippen LogP contribution in [-0.4, -0.2) is 13.1 Å². The van der Waals surface area contributed by atoms with Gasteiger partial charge in [-0.25, -0.2) is 0 Å². The van der Waals surface area contributed by atoms with Crippen LogP contribution in [0.4, 0.5) is 5.69 Å². The number of rotatable bonds is 4. The first-order valence-electron chi connectivity index (χ1n) is 6.12. The molecule has 1 aromatic rings. The molecular weight excluding hydrogens is 276 g/mol. The Labute approximate surface area is 113 Å². The molecule has 0 aliphatic heterocycles. The highest BCUT2D eigenvalue weighted by Gasteiger charge is 2.17. The van der Waals surface area contributed by atoms with Gasteiger partial charge in [0.2, 0.25) is 0 Å². The van der Waals surface area contributed by atoms with Gasteiger partial charge in [-0.1, -0.05) is 29.8 Å². The Morgan fingerprint density at radius 2 is 1.76 bits per heavy atom. The van der Waals surface area contributed by atoms with Gasteiger partial charge in [0.1, 0.15) is 0 Å². The fraction of sp³-hybridized carbons (Fsp3) is 0.571. The second-order valence-electron chi connectivity index (χ2n) is 5.09. The van der Waals surface area contributed by atoms with Crippen LogP contribution in [0.5, 0.6) is 0 Å². The normalized spacial score (nSPS) is 14.8. The maximum Gasteiger partial charge on any atom is 0.0415 e. The Bertz CT molecular complexity index is 374. The smallest absolute Gasteiger partial charge is 0.0415 e. The van der Waals surface area contributed by atoms with E-state index < -0.39 is 0 Å². The standard InChI is InChI=1S/C14H23BrN2/c1-9(2)11(4)17(5)14-7-6-12(15)8-13(14)10(3)16/h6-11H,16H2,1-5H3. The fourth-order valence-corrected chi connectivity index (χ4v) is 2.26. The van der Waals surface area contributed by atoms with Crippen molar-refractivity contribution < 1.29 is 0 Å². The van der Waals surface area contributed by atoms with Crippen molar-refractivity contribution in [1.82, 2.24) is 0 Å². The summed E-state index contributed by atoms with van der Waals surface area (Å²) in [4.78, 5) is 2.32. The van der Waals surface area contributed by atoms with Crippen molar-refractivity contribution in [3.05, 3.63) is 28.2 Å². The summed E-state index contributed by atoms with van der Waals surface area (Å²) in [7, 11) is 2.14. The lowest BCUT2D eigenvalue weighted by atomic mass is 10.0. The van der Waals surface area contributed by atoms with E-state index in [1.54, 1.807) is 0 Å². The minimum atomic E-state index is 0.0457. The first kappa shape index (κ1) is 14.5. The lowest BCUT2D eigenvalue weighted by Gasteiger charge is -2.32. The van der Waals surface area contributed by atoms with Crippen molar-refractivity contribution >= 4 is 21.6 Å². The van der Waals surface area contributed by atoms with Crippen LogP contribution in [-0.2, 0) is 0 Å². The second-order valence-corrected chi connectivity index (χ2v) is 6.00. The third-order valence-electron chi connectivity index (χ3n) is 3.44. The van der Waals surface area contributed by atoms with Gasteiger partial charge in [0, 0.05) is 29.3 Å². The van der Waals surface area contributed by atoms with Crippen LogP contribution in [0.2, 0.25) is 0 Å². The van der Waals surface area contributed by atoms with Crippen LogP contribution < -0.4 is 10.6 Å². The third-order valence-corrected chi connectivity index (χ3v) is 3.93. The summed E-state index contributed by atoms with van der Waals surface area (Å²) < 4.78 is 1.08. The molecule has 1 aromatic carbocycles. The van der Waals surface area contributed by atoms with Crippen molar-refractivity contribution in [2.24, 2.45) is 11.7 Å². The summed E-state index contributed by atoms with van der Waals surface area (Å²) in [5.41, 5.74) is 8.47. The van der Waals surface area contributed by atoms with Crippen molar-refractivity contribution in [2.45, 2.75) is 39.8 Å². The largest absolute Gasteiger partial charge is 0.371 e. The molecule has 2 unspecified atom stereocenters. The van der Waals surface area contributed by atoms with Crippen LogP contribution in [0.15, 0.2) is 22.7 Å². The van der Waals surface area contributed by atoms with E-state index in [1.807, 2.05) is 6.92 Å². The van der Waals surface area contributed by atoms with Crippen molar-refractivity contribution in [3.63, 3.8) is 0 Å². The monoisotopic (exact) mass is 298 g/mol. The highest BCUT2D eigenvalue weighted by molar-refractivity contribution is 9.10. The number of anilines is 1. The zero-order valence-corrected chi connectivity index (χ0v) is 13.0. The molecule has 0 saturated carbocycles. The van der Waals surface area contributed by atoms with Crippen LogP contribution in [0, 0.1) is 5.92 Å². The number of hydrogen-bond donors (Lipinski definition) is 1. The molecule has 2 nitrogen and oxygen atoms in total. The van der Waals surface area contributed by atoms with Gasteiger partial charge in [-0.2, -0.15) is 0 Å². The maximum absolute atomic E-state index is 6.05. The summed E-state index contributed by atoms with van der Waals surface area (Å²) in [5, 5.41) is 0. The first-order valence-corrected chi connectivity index (χ1v) is 6.91. The third kappa shape index (κ3) is 3.46. The summed E-state index contributed by atoms with van der Waals surface area (Å²) in [6.45, 7) is 8.76. The van der Waals surface area contributed by atoms with Crippen LogP contribution in [0.25, 0.3) is 0 Å². The van der Waals surface area contributed by atoms with E-state index in [4.69, 9.17) is 5.73 Å². The summed E-state index contributed by atoms with van der Waals surface area (Å²) in [6, 6.07) is 6.87. The average molecular weight is 299 g/mol. The molecule has 0 radical (unpaired) electrons. The quantitative estimate of drug-likeness (QED) is 0.912. The zero-order valence-electron chi connectivity index (χ0n) is 11.4. The van der Waals surface area contributed by atoms with Crippen LogP contribution in [0.1, 0.15) is 39.3 Å². The van der Waals surface area contributed by atoms with E-state index in [0.717, 1.165) is 4.47 Å². The van der Waals surface area contributed by atoms with Gasteiger partial charge in [0.15, 0.2) is 0 Å². The van der Waals surface area contributed by atoms with Crippen molar-refractivity contribution in [2.75, 3.05) is 11.9 Å². The van der Waals surface area contributed by atoms with Gasteiger partial charge in [-0.15, -0.1) is 0 Å². The number of nitrogens with two attached hydrogens (primary N) is 1. The number of nitrogens with zero attached hydrogens (tertiary/aromatic N) is 1. The predicted octanol–water partition coefficient (Wildman–Crippen LogP) is 3.95. The minimum Gasteiger partial charge on any atom is -0.371 e. The summed E-state index contributed by atoms with van der Waals surface area (Å²) in [5.74, 6) is 0.615. The molecule has 0 aromatic heterocycles. The number of hydrogen-bond acceptors (Lipinski definition) is 2. The molecule has 0 aliphatic carbocycles. The van der Waals surface area contributed by atoms with E-state index in [0.29, 0.717) is 12.0 Å².